The van der Waals surface area contributed by atoms with Gasteiger partial charge in [-0.3, -0.25) is 0 Å². The molecule has 8 aromatic rings. The fourth-order valence-electron chi connectivity index (χ4n) is 6.63. The van der Waals surface area contributed by atoms with Crippen molar-refractivity contribution < 1.29 is 0 Å². The molecule has 0 radical (unpaired) electrons. The molecular formula is C47H41N3S. The van der Waals surface area contributed by atoms with E-state index in [0.29, 0.717) is 17.5 Å². The molecule has 0 saturated carbocycles. The fraction of sp³-hybridized carbons (Fsp3) is 0.170. The summed E-state index contributed by atoms with van der Waals surface area (Å²) in [7, 11) is 0. The average Bonchev–Trinajstić information content (AvgIpc) is 3.53. The van der Waals surface area contributed by atoms with Crippen LogP contribution >= 0.6 is 11.3 Å². The number of rotatable bonds is 5. The molecule has 2 aromatic heterocycles. The van der Waals surface area contributed by atoms with Crippen molar-refractivity contribution in [2.75, 3.05) is 0 Å². The average molecular weight is 680 g/mol. The van der Waals surface area contributed by atoms with E-state index in [2.05, 4.69) is 181 Å². The van der Waals surface area contributed by atoms with Gasteiger partial charge in [-0.05, 0) is 56.3 Å². The smallest absolute Gasteiger partial charge is 0.165 e. The van der Waals surface area contributed by atoms with Gasteiger partial charge in [0.2, 0.25) is 0 Å². The first-order valence-corrected chi connectivity index (χ1v) is 18.4. The number of hydrogen-bond acceptors (Lipinski definition) is 4. The van der Waals surface area contributed by atoms with Crippen LogP contribution in [0.2, 0.25) is 0 Å². The predicted octanol–water partition coefficient (Wildman–Crippen LogP) is 13.2. The second kappa shape index (κ2) is 12.7. The van der Waals surface area contributed by atoms with Crippen molar-refractivity contribution in [3.63, 3.8) is 0 Å². The molecule has 0 atom stereocenters. The maximum atomic E-state index is 5.14. The van der Waals surface area contributed by atoms with Crippen LogP contribution in [0.15, 0.2) is 140 Å². The molecule has 51 heavy (non-hydrogen) atoms. The Morgan fingerprint density at radius 2 is 0.765 bits per heavy atom. The number of aromatic nitrogens is 3. The lowest BCUT2D eigenvalue weighted by Crippen LogP contribution is -2.10. The lowest BCUT2D eigenvalue weighted by molar-refractivity contribution is 0.590. The molecule has 250 valence electrons. The van der Waals surface area contributed by atoms with Gasteiger partial charge in [0.25, 0.3) is 0 Å². The van der Waals surface area contributed by atoms with Crippen LogP contribution < -0.4 is 0 Å². The second-order valence-electron chi connectivity index (χ2n) is 15.4. The molecule has 0 bridgehead atoms. The van der Waals surface area contributed by atoms with E-state index in [1.807, 2.05) is 0 Å². The highest BCUT2D eigenvalue weighted by molar-refractivity contribution is 7.26. The zero-order valence-electron chi connectivity index (χ0n) is 30.0. The first-order valence-electron chi connectivity index (χ1n) is 17.6. The zero-order chi connectivity index (χ0) is 35.3. The van der Waals surface area contributed by atoms with Gasteiger partial charge in [0.15, 0.2) is 17.5 Å². The number of nitrogens with zero attached hydrogens (tertiary/aromatic N) is 3. The van der Waals surface area contributed by atoms with E-state index in [0.717, 1.165) is 27.8 Å². The summed E-state index contributed by atoms with van der Waals surface area (Å²) in [6.45, 7) is 13.5. The van der Waals surface area contributed by atoms with Crippen molar-refractivity contribution in [1.82, 2.24) is 15.0 Å². The Morgan fingerprint density at radius 1 is 0.373 bits per heavy atom. The molecule has 0 spiro atoms. The summed E-state index contributed by atoms with van der Waals surface area (Å²) in [6.07, 6.45) is 0. The van der Waals surface area contributed by atoms with Gasteiger partial charge in [0.05, 0.1) is 0 Å². The van der Waals surface area contributed by atoms with Crippen molar-refractivity contribution in [2.24, 2.45) is 0 Å². The molecule has 2 heterocycles. The second-order valence-corrected chi connectivity index (χ2v) is 16.4. The number of thiophene rings is 1. The normalized spacial score (nSPS) is 12.1. The molecule has 4 heteroatoms. The topological polar surface area (TPSA) is 38.7 Å². The van der Waals surface area contributed by atoms with Gasteiger partial charge in [0.1, 0.15) is 0 Å². The highest BCUT2D eigenvalue weighted by atomic mass is 32.1. The van der Waals surface area contributed by atoms with Crippen LogP contribution in [0, 0.1) is 0 Å². The highest BCUT2D eigenvalue weighted by Gasteiger charge is 2.18. The molecule has 0 amide bonds. The first-order chi connectivity index (χ1) is 24.5. The summed E-state index contributed by atoms with van der Waals surface area (Å²) in [5.74, 6) is 1.99. The summed E-state index contributed by atoms with van der Waals surface area (Å²) in [5.41, 5.74) is 10.5. The van der Waals surface area contributed by atoms with Crippen LogP contribution in [0.1, 0.15) is 52.7 Å². The standard InChI is InChI=1S/C47H41N3S/c1-46(2,3)36-26-22-32(23-27-36)30-14-18-34(19-15-30)43-48-44(35-20-16-31(17-21-35)33-24-28-37(29-25-33)47(4,5)6)50-45(49-43)40-12-9-11-39-38-10-7-8-13-41(38)51-42(39)40/h7-29H,1-6H3. The van der Waals surface area contributed by atoms with Gasteiger partial charge >= 0.3 is 0 Å². The Labute approximate surface area is 304 Å². The minimum absolute atomic E-state index is 0.120. The van der Waals surface area contributed by atoms with E-state index >= 15 is 0 Å². The van der Waals surface area contributed by atoms with Crippen LogP contribution in [0.25, 0.3) is 76.6 Å². The van der Waals surface area contributed by atoms with Gasteiger partial charge in [-0.25, -0.2) is 15.0 Å². The maximum Gasteiger partial charge on any atom is 0.165 e. The predicted molar refractivity (Wildman–Crippen MR) is 217 cm³/mol. The highest BCUT2D eigenvalue weighted by Crippen LogP contribution is 2.40. The lowest BCUT2D eigenvalue weighted by Gasteiger charge is -2.19. The van der Waals surface area contributed by atoms with E-state index < -0.39 is 0 Å². The minimum Gasteiger partial charge on any atom is -0.208 e. The molecule has 0 aliphatic heterocycles. The van der Waals surface area contributed by atoms with Crippen LogP contribution in [0.3, 0.4) is 0 Å². The third-order valence-electron chi connectivity index (χ3n) is 9.74. The number of hydrogen-bond donors (Lipinski definition) is 0. The van der Waals surface area contributed by atoms with E-state index in [-0.39, 0.29) is 10.8 Å². The molecule has 0 aliphatic carbocycles. The summed E-state index contributed by atoms with van der Waals surface area (Å²) >= 11 is 1.79. The van der Waals surface area contributed by atoms with Crippen molar-refractivity contribution in [3.8, 4) is 56.4 Å². The molecule has 0 aliphatic rings. The molecule has 0 N–H and O–H groups in total. The van der Waals surface area contributed by atoms with Gasteiger partial charge < -0.3 is 0 Å². The van der Waals surface area contributed by atoms with Crippen LogP contribution in [-0.2, 0) is 10.8 Å². The van der Waals surface area contributed by atoms with Crippen molar-refractivity contribution in [2.45, 2.75) is 52.4 Å². The fourth-order valence-corrected chi connectivity index (χ4v) is 7.84. The van der Waals surface area contributed by atoms with Crippen LogP contribution in [0.4, 0.5) is 0 Å². The Kier molecular flexibility index (Phi) is 8.16. The third-order valence-corrected chi connectivity index (χ3v) is 11.0. The van der Waals surface area contributed by atoms with E-state index in [1.165, 1.54) is 42.4 Å². The summed E-state index contributed by atoms with van der Waals surface area (Å²) < 4.78 is 2.44. The zero-order valence-corrected chi connectivity index (χ0v) is 30.8. The SMILES string of the molecule is CC(C)(C)c1ccc(-c2ccc(-c3nc(-c4ccc(-c5ccc(C(C)(C)C)cc5)cc4)nc(-c4cccc5c4sc4ccccc45)n3)cc2)cc1. The molecule has 3 nitrogen and oxygen atoms in total. The monoisotopic (exact) mass is 679 g/mol. The summed E-state index contributed by atoms with van der Waals surface area (Å²) in [5, 5.41) is 2.48. The number of fused-ring (bicyclic) bond motifs is 3. The molecular weight excluding hydrogens is 639 g/mol. The van der Waals surface area contributed by atoms with Gasteiger partial charge in [-0.15, -0.1) is 11.3 Å². The Bertz CT molecular complexity index is 2380. The van der Waals surface area contributed by atoms with Gasteiger partial charge in [-0.2, -0.15) is 0 Å². The van der Waals surface area contributed by atoms with Crippen molar-refractivity contribution >= 4 is 31.5 Å². The van der Waals surface area contributed by atoms with Crippen LogP contribution in [-0.4, -0.2) is 15.0 Å². The van der Waals surface area contributed by atoms with E-state index in [9.17, 15) is 0 Å². The number of benzene rings is 6. The lowest BCUT2D eigenvalue weighted by atomic mass is 9.86. The quantitative estimate of drug-likeness (QED) is 0.182. The molecule has 6 aromatic carbocycles. The Morgan fingerprint density at radius 3 is 1.24 bits per heavy atom. The first kappa shape index (κ1) is 32.7. The van der Waals surface area contributed by atoms with Crippen LogP contribution in [0.5, 0.6) is 0 Å². The van der Waals surface area contributed by atoms with E-state index in [4.69, 9.17) is 15.0 Å². The summed E-state index contributed by atoms with van der Waals surface area (Å²) in [4.78, 5) is 15.4. The largest absolute Gasteiger partial charge is 0.208 e. The molecule has 8 rings (SSSR count). The summed E-state index contributed by atoms with van der Waals surface area (Å²) in [6, 6.07) is 49.9. The maximum absolute atomic E-state index is 5.14. The van der Waals surface area contributed by atoms with E-state index in [1.54, 1.807) is 11.3 Å². The third kappa shape index (κ3) is 6.48. The van der Waals surface area contributed by atoms with Gasteiger partial charge in [-0.1, -0.05) is 169 Å². The Hall–Kier alpha value is -5.45. The van der Waals surface area contributed by atoms with Gasteiger partial charge in [0, 0.05) is 36.9 Å². The molecule has 0 fully saturated rings. The Balaban J connectivity index is 1.21. The van der Waals surface area contributed by atoms with Crippen molar-refractivity contribution in [3.05, 3.63) is 151 Å². The van der Waals surface area contributed by atoms with Crippen molar-refractivity contribution in [1.29, 1.82) is 0 Å². The molecule has 0 saturated heterocycles. The molecule has 0 unspecified atom stereocenters. The minimum atomic E-state index is 0.120.